The van der Waals surface area contributed by atoms with Crippen LogP contribution in [0.4, 0.5) is 4.39 Å². The van der Waals surface area contributed by atoms with E-state index in [1.807, 2.05) is 35.5 Å². The first kappa shape index (κ1) is 19.1. The Bertz CT molecular complexity index is 994. The normalized spacial score (nSPS) is 11.2. The Hall–Kier alpha value is -3.25. The molecule has 0 amide bonds. The molecule has 0 aliphatic heterocycles. The third-order valence-corrected chi connectivity index (χ3v) is 4.86. The SMILES string of the molecule is Fc1cccc(CN(CCCn2ccnc2)Cc2ccc(-n3cccn3)cc2)c1. The first-order valence-electron chi connectivity index (χ1n) is 9.78. The van der Waals surface area contributed by atoms with Crippen LogP contribution in [0.25, 0.3) is 5.69 Å². The van der Waals surface area contributed by atoms with E-state index in [1.165, 1.54) is 11.6 Å². The van der Waals surface area contributed by atoms with Crippen molar-refractivity contribution in [2.45, 2.75) is 26.1 Å². The van der Waals surface area contributed by atoms with Crippen molar-refractivity contribution < 1.29 is 4.39 Å². The van der Waals surface area contributed by atoms with Crippen molar-refractivity contribution in [3.8, 4) is 5.69 Å². The second kappa shape index (κ2) is 9.30. The van der Waals surface area contributed by atoms with E-state index in [4.69, 9.17) is 0 Å². The minimum atomic E-state index is -0.190. The molecule has 0 aliphatic rings. The molecule has 0 N–H and O–H groups in total. The van der Waals surface area contributed by atoms with E-state index in [-0.39, 0.29) is 5.82 Å². The van der Waals surface area contributed by atoms with Crippen molar-refractivity contribution >= 4 is 0 Å². The minimum absolute atomic E-state index is 0.190. The summed E-state index contributed by atoms with van der Waals surface area (Å²) < 4.78 is 17.6. The predicted octanol–water partition coefficient (Wildman–Crippen LogP) is 4.30. The lowest BCUT2D eigenvalue weighted by molar-refractivity contribution is 0.248. The molecule has 2 heterocycles. The molecule has 5 nitrogen and oxygen atoms in total. The predicted molar refractivity (Wildman–Crippen MR) is 111 cm³/mol. The Kier molecular flexibility index (Phi) is 6.12. The minimum Gasteiger partial charge on any atom is -0.337 e. The van der Waals surface area contributed by atoms with Crippen molar-refractivity contribution in [1.29, 1.82) is 0 Å². The van der Waals surface area contributed by atoms with Crippen molar-refractivity contribution in [3.63, 3.8) is 0 Å². The molecule has 0 radical (unpaired) electrons. The fourth-order valence-electron chi connectivity index (χ4n) is 3.44. The van der Waals surface area contributed by atoms with Crippen LogP contribution in [0.3, 0.4) is 0 Å². The highest BCUT2D eigenvalue weighted by atomic mass is 19.1. The molecule has 0 fully saturated rings. The lowest BCUT2D eigenvalue weighted by atomic mass is 10.1. The van der Waals surface area contributed by atoms with Gasteiger partial charge in [0.05, 0.1) is 12.0 Å². The molecular weight excluding hydrogens is 365 g/mol. The Balaban J connectivity index is 1.43. The molecule has 0 bridgehead atoms. The summed E-state index contributed by atoms with van der Waals surface area (Å²) in [6, 6.07) is 17.2. The molecule has 0 unspecified atom stereocenters. The van der Waals surface area contributed by atoms with Gasteiger partial charge in [-0.05, 0) is 47.9 Å². The molecule has 0 aliphatic carbocycles. The summed E-state index contributed by atoms with van der Waals surface area (Å²) in [5, 5.41) is 4.27. The number of aryl methyl sites for hydroxylation is 1. The topological polar surface area (TPSA) is 38.9 Å². The Morgan fingerprint density at radius 3 is 2.48 bits per heavy atom. The molecular formula is C23H24FN5. The first-order chi connectivity index (χ1) is 14.3. The van der Waals surface area contributed by atoms with Crippen LogP contribution in [-0.4, -0.2) is 30.8 Å². The second-order valence-electron chi connectivity index (χ2n) is 7.11. The number of hydrogen-bond acceptors (Lipinski definition) is 3. The van der Waals surface area contributed by atoms with Gasteiger partial charge in [-0.1, -0.05) is 24.3 Å². The zero-order valence-electron chi connectivity index (χ0n) is 16.2. The van der Waals surface area contributed by atoms with Crippen LogP contribution < -0.4 is 0 Å². The maximum atomic E-state index is 13.6. The molecule has 4 rings (SSSR count). The average Bonchev–Trinajstić information content (AvgIpc) is 3.43. The summed E-state index contributed by atoms with van der Waals surface area (Å²) in [4.78, 5) is 6.45. The van der Waals surface area contributed by atoms with Crippen LogP contribution in [0, 0.1) is 5.82 Å². The number of aromatic nitrogens is 4. The molecule has 6 heteroatoms. The standard InChI is InChI=1S/C23H24FN5/c24-22-5-1-4-21(16-22)18-28(13-3-12-27-15-11-25-19-27)17-20-6-8-23(9-7-20)29-14-2-10-26-29/h1-2,4-11,14-16,19H,3,12-13,17-18H2. The Morgan fingerprint density at radius 2 is 1.76 bits per heavy atom. The van der Waals surface area contributed by atoms with E-state index in [0.717, 1.165) is 37.3 Å². The summed E-state index contributed by atoms with van der Waals surface area (Å²) >= 11 is 0. The molecule has 0 saturated heterocycles. The summed E-state index contributed by atoms with van der Waals surface area (Å²) in [5.41, 5.74) is 3.25. The van der Waals surface area contributed by atoms with Crippen molar-refractivity contribution in [3.05, 3.63) is 103 Å². The van der Waals surface area contributed by atoms with E-state index in [1.54, 1.807) is 24.5 Å². The number of halogens is 1. The quantitative estimate of drug-likeness (QED) is 0.428. The Morgan fingerprint density at radius 1 is 0.897 bits per heavy atom. The second-order valence-corrected chi connectivity index (χ2v) is 7.11. The van der Waals surface area contributed by atoms with Crippen molar-refractivity contribution in [2.75, 3.05) is 6.54 Å². The van der Waals surface area contributed by atoms with Gasteiger partial charge in [-0.3, -0.25) is 4.90 Å². The van der Waals surface area contributed by atoms with Crippen LogP contribution in [0.2, 0.25) is 0 Å². The largest absolute Gasteiger partial charge is 0.337 e. The van der Waals surface area contributed by atoms with E-state index in [2.05, 4.69) is 43.8 Å². The van der Waals surface area contributed by atoms with E-state index < -0.39 is 0 Å². The van der Waals surface area contributed by atoms with Gasteiger partial charge in [0.1, 0.15) is 5.82 Å². The van der Waals surface area contributed by atoms with Crippen LogP contribution in [0.1, 0.15) is 17.5 Å². The van der Waals surface area contributed by atoms with E-state index >= 15 is 0 Å². The first-order valence-corrected chi connectivity index (χ1v) is 9.78. The van der Waals surface area contributed by atoms with Gasteiger partial charge in [0.2, 0.25) is 0 Å². The molecule has 2 aromatic heterocycles. The molecule has 2 aromatic carbocycles. The number of nitrogens with zero attached hydrogens (tertiary/aromatic N) is 5. The van der Waals surface area contributed by atoms with Gasteiger partial charge in [-0.2, -0.15) is 5.10 Å². The zero-order chi connectivity index (χ0) is 19.9. The maximum Gasteiger partial charge on any atom is 0.123 e. The fraction of sp³-hybridized carbons (Fsp3) is 0.217. The molecule has 148 valence electrons. The van der Waals surface area contributed by atoms with Gasteiger partial charge in [0.25, 0.3) is 0 Å². The highest BCUT2D eigenvalue weighted by Gasteiger charge is 2.09. The van der Waals surface area contributed by atoms with Crippen LogP contribution >= 0.6 is 0 Å². The monoisotopic (exact) mass is 389 g/mol. The van der Waals surface area contributed by atoms with Gasteiger partial charge in [-0.25, -0.2) is 14.1 Å². The summed E-state index contributed by atoms with van der Waals surface area (Å²) in [7, 11) is 0. The highest BCUT2D eigenvalue weighted by Crippen LogP contribution is 2.14. The van der Waals surface area contributed by atoms with Gasteiger partial charge in [0.15, 0.2) is 0 Å². The zero-order valence-corrected chi connectivity index (χ0v) is 16.2. The summed E-state index contributed by atoms with van der Waals surface area (Å²) in [6.07, 6.45) is 10.3. The average molecular weight is 389 g/mol. The third-order valence-electron chi connectivity index (χ3n) is 4.86. The third kappa shape index (κ3) is 5.39. The smallest absolute Gasteiger partial charge is 0.123 e. The van der Waals surface area contributed by atoms with Gasteiger partial charge in [0, 0.05) is 51.0 Å². The van der Waals surface area contributed by atoms with Crippen molar-refractivity contribution in [1.82, 2.24) is 24.2 Å². The Labute approximate surface area is 170 Å². The molecule has 4 aromatic rings. The molecule has 29 heavy (non-hydrogen) atoms. The molecule has 0 saturated carbocycles. The maximum absolute atomic E-state index is 13.6. The molecule has 0 atom stereocenters. The lowest BCUT2D eigenvalue weighted by Crippen LogP contribution is -2.25. The van der Waals surface area contributed by atoms with Crippen molar-refractivity contribution in [2.24, 2.45) is 0 Å². The summed E-state index contributed by atoms with van der Waals surface area (Å²) in [5.74, 6) is -0.190. The fourth-order valence-corrected chi connectivity index (χ4v) is 3.44. The van der Waals surface area contributed by atoms with Gasteiger partial charge in [-0.15, -0.1) is 0 Å². The van der Waals surface area contributed by atoms with Crippen LogP contribution in [0.5, 0.6) is 0 Å². The number of imidazole rings is 1. The van der Waals surface area contributed by atoms with E-state index in [9.17, 15) is 4.39 Å². The lowest BCUT2D eigenvalue weighted by Gasteiger charge is -2.23. The number of rotatable bonds is 9. The van der Waals surface area contributed by atoms with Crippen LogP contribution in [-0.2, 0) is 19.6 Å². The molecule has 0 spiro atoms. The number of benzene rings is 2. The van der Waals surface area contributed by atoms with E-state index in [0.29, 0.717) is 6.54 Å². The van der Waals surface area contributed by atoms with Gasteiger partial charge >= 0.3 is 0 Å². The highest BCUT2D eigenvalue weighted by molar-refractivity contribution is 5.33. The number of hydrogen-bond donors (Lipinski definition) is 0. The van der Waals surface area contributed by atoms with Gasteiger partial charge < -0.3 is 4.57 Å². The van der Waals surface area contributed by atoms with Crippen LogP contribution in [0.15, 0.2) is 85.7 Å². The summed E-state index contributed by atoms with van der Waals surface area (Å²) in [6.45, 7) is 3.34.